The Kier molecular flexibility index (Phi) is 4.39. The number of likely N-dealkylation sites (tertiary alicyclic amines) is 1. The monoisotopic (exact) mass is 306 g/mol. The summed E-state index contributed by atoms with van der Waals surface area (Å²) in [6, 6.07) is 5.62. The van der Waals surface area contributed by atoms with Crippen molar-refractivity contribution in [1.82, 2.24) is 4.90 Å². The highest BCUT2D eigenvalue weighted by Crippen LogP contribution is 2.36. The molecule has 1 aliphatic heterocycles. The van der Waals surface area contributed by atoms with Gasteiger partial charge >= 0.3 is 6.03 Å². The van der Waals surface area contributed by atoms with Crippen molar-refractivity contribution in [2.75, 3.05) is 18.4 Å². The zero-order valence-corrected chi connectivity index (χ0v) is 13.3. The van der Waals surface area contributed by atoms with Crippen LogP contribution in [0.2, 0.25) is 5.02 Å². The maximum Gasteiger partial charge on any atom is 0.321 e. The molecule has 1 aliphatic carbocycles. The van der Waals surface area contributed by atoms with E-state index in [4.69, 9.17) is 11.6 Å². The first-order valence-electron chi connectivity index (χ1n) is 7.95. The van der Waals surface area contributed by atoms with E-state index in [1.54, 1.807) is 0 Å². The second kappa shape index (κ2) is 6.27. The normalized spacial score (nSPS) is 25.3. The van der Waals surface area contributed by atoms with Crippen LogP contribution in [0.25, 0.3) is 0 Å². The van der Waals surface area contributed by atoms with Crippen molar-refractivity contribution in [3.05, 3.63) is 28.8 Å². The fourth-order valence-corrected chi connectivity index (χ4v) is 3.88. The highest BCUT2D eigenvalue weighted by molar-refractivity contribution is 6.31. The minimum absolute atomic E-state index is 0.0180. The fourth-order valence-electron chi connectivity index (χ4n) is 3.71. The van der Waals surface area contributed by atoms with Crippen molar-refractivity contribution in [2.45, 2.75) is 39.0 Å². The average molecular weight is 307 g/mol. The number of hydrogen-bond donors (Lipinski definition) is 1. The third-order valence-electron chi connectivity index (χ3n) is 5.02. The van der Waals surface area contributed by atoms with Gasteiger partial charge in [-0.05, 0) is 49.3 Å². The van der Waals surface area contributed by atoms with E-state index in [-0.39, 0.29) is 6.03 Å². The van der Waals surface area contributed by atoms with Crippen molar-refractivity contribution in [3.8, 4) is 0 Å². The van der Waals surface area contributed by atoms with E-state index >= 15 is 0 Å². The largest absolute Gasteiger partial charge is 0.324 e. The number of carbonyl (C=O) groups excluding carboxylic acids is 1. The molecule has 1 heterocycles. The number of fused-ring (bicyclic) bond motifs is 1. The van der Waals surface area contributed by atoms with Gasteiger partial charge < -0.3 is 10.2 Å². The van der Waals surface area contributed by atoms with Gasteiger partial charge in [0.2, 0.25) is 0 Å². The minimum atomic E-state index is 0.0180. The number of hydrogen-bond acceptors (Lipinski definition) is 1. The summed E-state index contributed by atoms with van der Waals surface area (Å²) in [6.07, 6.45) is 6.49. The Hall–Kier alpha value is -1.22. The number of amides is 2. The van der Waals surface area contributed by atoms with Crippen molar-refractivity contribution in [2.24, 2.45) is 11.8 Å². The maximum absolute atomic E-state index is 12.5. The van der Waals surface area contributed by atoms with Crippen LogP contribution in [-0.2, 0) is 0 Å². The summed E-state index contributed by atoms with van der Waals surface area (Å²) in [5.74, 6) is 1.55. The molecule has 3 nitrogen and oxygen atoms in total. The van der Waals surface area contributed by atoms with Crippen molar-refractivity contribution < 1.29 is 4.79 Å². The van der Waals surface area contributed by atoms with Crippen LogP contribution in [0.3, 0.4) is 0 Å². The van der Waals surface area contributed by atoms with Crippen LogP contribution >= 0.6 is 11.6 Å². The number of aryl methyl sites for hydroxylation is 1. The summed E-state index contributed by atoms with van der Waals surface area (Å²) >= 11 is 6.01. The molecule has 21 heavy (non-hydrogen) atoms. The molecule has 114 valence electrons. The Morgan fingerprint density at radius 3 is 2.81 bits per heavy atom. The van der Waals surface area contributed by atoms with E-state index in [0.29, 0.717) is 10.9 Å². The molecule has 0 spiro atoms. The van der Waals surface area contributed by atoms with Crippen molar-refractivity contribution in [3.63, 3.8) is 0 Å². The lowest BCUT2D eigenvalue weighted by atomic mass is 9.75. The third-order valence-corrected chi connectivity index (χ3v) is 5.25. The van der Waals surface area contributed by atoms with Gasteiger partial charge in [-0.15, -0.1) is 0 Å². The zero-order valence-electron chi connectivity index (χ0n) is 12.6. The number of carbonyl (C=O) groups is 1. The Labute approximate surface area is 131 Å². The molecule has 0 radical (unpaired) electrons. The third kappa shape index (κ3) is 3.34. The maximum atomic E-state index is 12.5. The molecule has 1 N–H and O–H groups in total. The number of benzene rings is 1. The van der Waals surface area contributed by atoms with E-state index in [2.05, 4.69) is 5.32 Å². The second-order valence-corrected chi connectivity index (χ2v) is 6.87. The summed E-state index contributed by atoms with van der Waals surface area (Å²) in [7, 11) is 0. The predicted molar refractivity (Wildman–Crippen MR) is 86.8 cm³/mol. The summed E-state index contributed by atoms with van der Waals surface area (Å²) < 4.78 is 0. The van der Waals surface area contributed by atoms with Crippen molar-refractivity contribution >= 4 is 23.3 Å². The van der Waals surface area contributed by atoms with Crippen LogP contribution in [-0.4, -0.2) is 24.0 Å². The molecular weight excluding hydrogens is 284 g/mol. The topological polar surface area (TPSA) is 32.3 Å². The van der Waals surface area contributed by atoms with Crippen LogP contribution < -0.4 is 5.32 Å². The summed E-state index contributed by atoms with van der Waals surface area (Å²) in [6.45, 7) is 3.78. The molecule has 3 rings (SSSR count). The lowest BCUT2D eigenvalue weighted by molar-refractivity contribution is 0.108. The number of halogens is 1. The molecule has 2 amide bonds. The standard InChI is InChI=1S/C17H23ClN2O/c1-12-6-7-15(18)10-16(12)19-17(21)20-9-8-13-4-2-3-5-14(13)11-20/h6-7,10,13-14H,2-5,8-9,11H2,1H3,(H,19,21)/t13-,14-/m0/s1. The SMILES string of the molecule is Cc1ccc(Cl)cc1NC(=O)N1CC[C@@H]2CCCC[C@H]2C1. The quantitative estimate of drug-likeness (QED) is 0.802. The van der Waals surface area contributed by atoms with E-state index in [1.165, 1.54) is 25.7 Å². The molecule has 1 aromatic rings. The predicted octanol–water partition coefficient (Wildman–Crippen LogP) is 4.69. The van der Waals surface area contributed by atoms with E-state index in [9.17, 15) is 4.79 Å². The lowest BCUT2D eigenvalue weighted by Crippen LogP contribution is -2.46. The Morgan fingerprint density at radius 1 is 1.24 bits per heavy atom. The van der Waals surface area contributed by atoms with E-state index in [1.807, 2.05) is 30.0 Å². The van der Waals surface area contributed by atoms with Crippen LogP contribution in [0.1, 0.15) is 37.7 Å². The number of nitrogens with zero attached hydrogens (tertiary/aromatic N) is 1. The molecule has 0 aromatic heterocycles. The second-order valence-electron chi connectivity index (χ2n) is 6.43. The first-order valence-corrected chi connectivity index (χ1v) is 8.33. The molecule has 2 aliphatic rings. The van der Waals surface area contributed by atoms with E-state index in [0.717, 1.165) is 36.7 Å². The van der Waals surface area contributed by atoms with Crippen LogP contribution in [0.15, 0.2) is 18.2 Å². The Balaban J connectivity index is 1.64. The van der Waals surface area contributed by atoms with Gasteiger partial charge in [0.05, 0.1) is 0 Å². The minimum Gasteiger partial charge on any atom is -0.324 e. The first-order chi connectivity index (χ1) is 10.1. The van der Waals surface area contributed by atoms with Gasteiger partial charge in [0.15, 0.2) is 0 Å². The van der Waals surface area contributed by atoms with Gasteiger partial charge in [-0.1, -0.05) is 36.9 Å². The molecule has 1 aromatic carbocycles. The summed E-state index contributed by atoms with van der Waals surface area (Å²) in [4.78, 5) is 14.5. The number of nitrogens with one attached hydrogen (secondary N) is 1. The number of anilines is 1. The van der Waals surface area contributed by atoms with Crippen molar-refractivity contribution in [1.29, 1.82) is 0 Å². The molecular formula is C17H23ClN2O. The Bertz CT molecular complexity index is 532. The molecule has 0 unspecified atom stereocenters. The lowest BCUT2D eigenvalue weighted by Gasteiger charge is -2.41. The molecule has 1 saturated heterocycles. The van der Waals surface area contributed by atoms with Gasteiger partial charge in [0.25, 0.3) is 0 Å². The van der Waals surface area contributed by atoms with Gasteiger partial charge in [0, 0.05) is 23.8 Å². The summed E-state index contributed by atoms with van der Waals surface area (Å²) in [5.41, 5.74) is 1.86. The van der Waals surface area contributed by atoms with E-state index < -0.39 is 0 Å². The van der Waals surface area contributed by atoms with Crippen LogP contribution in [0, 0.1) is 18.8 Å². The number of piperidine rings is 1. The van der Waals surface area contributed by atoms with Gasteiger partial charge in [-0.2, -0.15) is 0 Å². The van der Waals surface area contributed by atoms with Crippen LogP contribution in [0.5, 0.6) is 0 Å². The van der Waals surface area contributed by atoms with Gasteiger partial charge in [0.1, 0.15) is 0 Å². The number of rotatable bonds is 1. The fraction of sp³-hybridized carbons (Fsp3) is 0.588. The smallest absolute Gasteiger partial charge is 0.321 e. The molecule has 2 fully saturated rings. The highest BCUT2D eigenvalue weighted by Gasteiger charge is 2.32. The van der Waals surface area contributed by atoms with Gasteiger partial charge in [-0.25, -0.2) is 4.79 Å². The molecule has 0 bridgehead atoms. The molecule has 4 heteroatoms. The Morgan fingerprint density at radius 2 is 2.00 bits per heavy atom. The highest BCUT2D eigenvalue weighted by atomic mass is 35.5. The molecule has 2 atom stereocenters. The number of urea groups is 1. The first kappa shape index (κ1) is 14.7. The van der Waals surface area contributed by atoms with Crippen LogP contribution in [0.4, 0.5) is 10.5 Å². The summed E-state index contributed by atoms with van der Waals surface area (Å²) in [5, 5.41) is 3.67. The van der Waals surface area contributed by atoms with Gasteiger partial charge in [-0.3, -0.25) is 0 Å². The zero-order chi connectivity index (χ0) is 14.8. The molecule has 1 saturated carbocycles. The average Bonchev–Trinajstić information content (AvgIpc) is 2.50.